The second-order valence-corrected chi connectivity index (χ2v) is 6.03. The maximum absolute atomic E-state index is 14.0. The third-order valence-corrected chi connectivity index (χ3v) is 4.38. The van der Waals surface area contributed by atoms with Crippen molar-refractivity contribution in [1.29, 1.82) is 0 Å². The number of phenolic OH excluding ortho intramolecular Hbond substituents is 1. The first-order valence-corrected chi connectivity index (χ1v) is 7.83. The van der Waals surface area contributed by atoms with Gasteiger partial charge in [-0.05, 0) is 42.7 Å². The normalized spacial score (nSPS) is 19.1. The van der Waals surface area contributed by atoms with Crippen molar-refractivity contribution in [1.82, 2.24) is 5.43 Å². The molecule has 7 heteroatoms. The van der Waals surface area contributed by atoms with E-state index < -0.39 is 5.91 Å². The molecule has 2 N–H and O–H groups in total. The molecule has 0 aromatic heterocycles. The first-order valence-electron chi connectivity index (χ1n) is 7.83. The van der Waals surface area contributed by atoms with Gasteiger partial charge in [0.25, 0.3) is 5.91 Å². The fourth-order valence-electron chi connectivity index (χ4n) is 3.18. The van der Waals surface area contributed by atoms with Gasteiger partial charge >= 0.3 is 0 Å². The Hall–Kier alpha value is -3.09. The minimum atomic E-state index is -0.428. The molecule has 0 unspecified atom stereocenters. The number of rotatable bonds is 2. The number of halogens is 1. The van der Waals surface area contributed by atoms with Crippen LogP contribution in [0.1, 0.15) is 40.7 Å². The van der Waals surface area contributed by atoms with Crippen LogP contribution in [0.2, 0.25) is 0 Å². The number of amides is 1. The number of aromatic hydroxyl groups is 1. The number of fused-ring (bicyclic) bond motifs is 2. The molecule has 0 fully saturated rings. The molecule has 128 valence electrons. The van der Waals surface area contributed by atoms with Gasteiger partial charge in [0.2, 0.25) is 6.79 Å². The van der Waals surface area contributed by atoms with Gasteiger partial charge < -0.3 is 14.6 Å². The number of nitrogens with one attached hydrogen (secondary N) is 1. The van der Waals surface area contributed by atoms with Crippen LogP contribution in [0, 0.1) is 5.82 Å². The summed E-state index contributed by atoms with van der Waals surface area (Å²) < 4.78 is 24.5. The monoisotopic (exact) mass is 342 g/mol. The number of phenols is 1. The second kappa shape index (κ2) is 5.77. The Morgan fingerprint density at radius 2 is 2.08 bits per heavy atom. The van der Waals surface area contributed by atoms with E-state index in [1.165, 1.54) is 12.1 Å². The van der Waals surface area contributed by atoms with E-state index in [4.69, 9.17) is 9.47 Å². The summed E-state index contributed by atoms with van der Waals surface area (Å²) in [5.74, 6) is 0.108. The van der Waals surface area contributed by atoms with Crippen molar-refractivity contribution in [3.05, 3.63) is 52.8 Å². The van der Waals surface area contributed by atoms with Gasteiger partial charge in [0.1, 0.15) is 11.6 Å². The molecule has 0 spiro atoms. The van der Waals surface area contributed by atoms with Crippen molar-refractivity contribution in [2.75, 3.05) is 6.79 Å². The van der Waals surface area contributed by atoms with E-state index in [9.17, 15) is 14.3 Å². The molecule has 2 aromatic carbocycles. The molecule has 1 aliphatic carbocycles. The van der Waals surface area contributed by atoms with Crippen LogP contribution in [0.15, 0.2) is 35.4 Å². The quantitative estimate of drug-likeness (QED) is 0.823. The largest absolute Gasteiger partial charge is 0.507 e. The number of hydrogen-bond donors (Lipinski definition) is 2. The van der Waals surface area contributed by atoms with Gasteiger partial charge in [-0.1, -0.05) is 6.92 Å². The first kappa shape index (κ1) is 15.4. The molecule has 1 aliphatic heterocycles. The first-order chi connectivity index (χ1) is 12.0. The molecule has 2 aliphatic rings. The van der Waals surface area contributed by atoms with Crippen LogP contribution >= 0.6 is 0 Å². The highest BCUT2D eigenvalue weighted by molar-refractivity contribution is 6.08. The number of carbonyl (C=O) groups is 1. The lowest BCUT2D eigenvalue weighted by Crippen LogP contribution is -2.19. The van der Waals surface area contributed by atoms with Gasteiger partial charge in [0, 0.05) is 16.7 Å². The summed E-state index contributed by atoms with van der Waals surface area (Å²) in [6.45, 7) is 1.98. The molecule has 4 rings (SSSR count). The fourth-order valence-corrected chi connectivity index (χ4v) is 3.18. The maximum Gasteiger partial charge on any atom is 0.271 e. The molecular weight excluding hydrogens is 327 g/mol. The van der Waals surface area contributed by atoms with Gasteiger partial charge in [-0.3, -0.25) is 4.79 Å². The lowest BCUT2D eigenvalue weighted by atomic mass is 10.0. The van der Waals surface area contributed by atoms with Crippen molar-refractivity contribution in [2.24, 2.45) is 5.10 Å². The predicted octanol–water partition coefficient (Wildman–Crippen LogP) is 2.90. The van der Waals surface area contributed by atoms with Crippen LogP contribution in [-0.2, 0) is 0 Å². The minimum absolute atomic E-state index is 0.0446. The van der Waals surface area contributed by atoms with E-state index in [1.807, 2.05) is 6.92 Å². The van der Waals surface area contributed by atoms with Gasteiger partial charge in [0.05, 0.1) is 5.71 Å². The molecule has 2 aromatic rings. The van der Waals surface area contributed by atoms with Crippen molar-refractivity contribution >= 4 is 11.6 Å². The third-order valence-electron chi connectivity index (χ3n) is 4.38. The Morgan fingerprint density at radius 1 is 1.28 bits per heavy atom. The zero-order valence-corrected chi connectivity index (χ0v) is 13.4. The number of ether oxygens (including phenoxy) is 2. The Kier molecular flexibility index (Phi) is 3.56. The minimum Gasteiger partial charge on any atom is -0.507 e. The Morgan fingerprint density at radius 3 is 2.92 bits per heavy atom. The number of benzene rings is 2. The van der Waals surface area contributed by atoms with Crippen molar-refractivity contribution in [3.63, 3.8) is 0 Å². The molecule has 25 heavy (non-hydrogen) atoms. The topological polar surface area (TPSA) is 80.2 Å². The summed E-state index contributed by atoms with van der Waals surface area (Å²) in [5, 5.41) is 14.1. The Labute approximate surface area is 142 Å². The van der Waals surface area contributed by atoms with Crippen LogP contribution < -0.4 is 14.9 Å². The van der Waals surface area contributed by atoms with E-state index in [-0.39, 0.29) is 24.3 Å². The highest BCUT2D eigenvalue weighted by Gasteiger charge is 2.30. The average Bonchev–Trinajstić information content (AvgIpc) is 3.20. The standard InChI is InChI=1S/C18H15FN2O4/c1-9-6-12(17-13(22)4-3-11(19)16(9)17)20-21-18(23)10-2-5-14-15(7-10)25-8-24-14/h2-5,7,9,22H,6,8H2,1H3,(H,21,23)/b20-12+/t9-/m1/s1. The molecular formula is C18H15FN2O4. The van der Waals surface area contributed by atoms with Crippen LogP contribution in [0.25, 0.3) is 0 Å². The molecule has 0 radical (unpaired) electrons. The smallest absolute Gasteiger partial charge is 0.271 e. The van der Waals surface area contributed by atoms with Crippen LogP contribution in [0.3, 0.4) is 0 Å². The molecule has 0 bridgehead atoms. The van der Waals surface area contributed by atoms with Crippen molar-refractivity contribution in [2.45, 2.75) is 19.3 Å². The predicted molar refractivity (Wildman–Crippen MR) is 87.7 cm³/mol. The zero-order chi connectivity index (χ0) is 17.6. The van der Waals surface area contributed by atoms with Crippen LogP contribution in [-0.4, -0.2) is 23.5 Å². The van der Waals surface area contributed by atoms with E-state index in [1.54, 1.807) is 18.2 Å². The summed E-state index contributed by atoms with van der Waals surface area (Å²) in [6, 6.07) is 7.35. The number of hydrazone groups is 1. The molecule has 6 nitrogen and oxygen atoms in total. The summed E-state index contributed by atoms with van der Waals surface area (Å²) in [7, 11) is 0. The van der Waals surface area contributed by atoms with E-state index in [2.05, 4.69) is 10.5 Å². The Balaban J connectivity index is 1.59. The SMILES string of the molecule is C[C@@H]1C/C(=N\NC(=O)c2ccc3c(c2)OCO3)c2c(O)ccc(F)c21. The number of hydrogen-bond acceptors (Lipinski definition) is 5. The van der Waals surface area contributed by atoms with Crippen LogP contribution in [0.5, 0.6) is 17.2 Å². The maximum atomic E-state index is 14.0. The summed E-state index contributed by atoms with van der Waals surface area (Å²) in [5.41, 5.74) is 4.06. The van der Waals surface area contributed by atoms with Crippen molar-refractivity contribution in [3.8, 4) is 17.2 Å². The lowest BCUT2D eigenvalue weighted by molar-refractivity contribution is 0.0954. The molecule has 1 amide bonds. The fraction of sp³-hybridized carbons (Fsp3) is 0.222. The van der Waals surface area contributed by atoms with E-state index in [0.29, 0.717) is 40.3 Å². The van der Waals surface area contributed by atoms with Gasteiger partial charge in [0.15, 0.2) is 11.5 Å². The summed E-state index contributed by atoms with van der Waals surface area (Å²) in [4.78, 5) is 12.3. The average molecular weight is 342 g/mol. The molecule has 1 heterocycles. The van der Waals surface area contributed by atoms with Gasteiger partial charge in [-0.2, -0.15) is 5.10 Å². The number of nitrogens with zero attached hydrogens (tertiary/aromatic N) is 1. The highest BCUT2D eigenvalue weighted by atomic mass is 19.1. The lowest BCUT2D eigenvalue weighted by Gasteiger charge is -2.06. The molecule has 1 atom stereocenters. The zero-order valence-electron chi connectivity index (χ0n) is 13.4. The number of carbonyl (C=O) groups excluding carboxylic acids is 1. The second-order valence-electron chi connectivity index (χ2n) is 6.03. The van der Waals surface area contributed by atoms with Crippen molar-refractivity contribution < 1.29 is 23.8 Å². The van der Waals surface area contributed by atoms with Gasteiger partial charge in [-0.15, -0.1) is 0 Å². The van der Waals surface area contributed by atoms with Crippen LogP contribution in [0.4, 0.5) is 4.39 Å². The Bertz CT molecular complexity index is 910. The van der Waals surface area contributed by atoms with E-state index in [0.717, 1.165) is 0 Å². The molecule has 0 saturated heterocycles. The summed E-state index contributed by atoms with van der Waals surface area (Å²) >= 11 is 0. The molecule has 0 saturated carbocycles. The summed E-state index contributed by atoms with van der Waals surface area (Å²) in [6.07, 6.45) is 0.436. The third kappa shape index (κ3) is 2.57. The van der Waals surface area contributed by atoms with Gasteiger partial charge in [-0.25, -0.2) is 9.82 Å². The highest BCUT2D eigenvalue weighted by Crippen LogP contribution is 2.39. The van der Waals surface area contributed by atoms with E-state index >= 15 is 0 Å².